The number of pyridine rings is 1. The zero-order chi connectivity index (χ0) is 15.4. The van der Waals surface area contributed by atoms with Gasteiger partial charge in [-0.25, -0.2) is 9.97 Å². The highest BCUT2D eigenvalue weighted by atomic mass is 32.2. The van der Waals surface area contributed by atoms with Gasteiger partial charge in [0.25, 0.3) is 0 Å². The number of carbonyl (C=O) groups is 2. The molecule has 0 bridgehead atoms. The molecule has 1 amide bonds. The van der Waals surface area contributed by atoms with Gasteiger partial charge in [-0.2, -0.15) is 0 Å². The Bertz CT molecular complexity index is 668. The number of hydrogen-bond donors (Lipinski definition) is 2. The summed E-state index contributed by atoms with van der Waals surface area (Å²) in [6.07, 6.45) is 1.62. The zero-order valence-electron chi connectivity index (χ0n) is 11.7. The molecule has 2 heterocycles. The van der Waals surface area contributed by atoms with E-state index in [2.05, 4.69) is 15.3 Å². The Morgan fingerprint density at radius 1 is 1.48 bits per heavy atom. The average molecular weight is 308 g/mol. The molecule has 0 atom stereocenters. The quantitative estimate of drug-likeness (QED) is 0.777. The summed E-state index contributed by atoms with van der Waals surface area (Å²) in [4.78, 5) is 31.2. The molecule has 2 aromatic heterocycles. The van der Waals surface area contributed by atoms with E-state index in [1.807, 2.05) is 13.8 Å². The summed E-state index contributed by atoms with van der Waals surface area (Å²) in [6, 6.07) is 3.57. The van der Waals surface area contributed by atoms with Gasteiger partial charge in [-0.05, 0) is 26.0 Å². The molecular weight excluding hydrogens is 292 g/mol. The lowest BCUT2D eigenvalue weighted by Gasteiger charge is -2.10. The molecule has 2 rings (SSSR count). The van der Waals surface area contributed by atoms with Crippen LogP contribution >= 0.6 is 11.8 Å². The van der Waals surface area contributed by atoms with Gasteiger partial charge in [-0.15, -0.1) is 0 Å². The van der Waals surface area contributed by atoms with Crippen molar-refractivity contribution in [1.82, 2.24) is 19.9 Å². The molecule has 0 aliphatic carbocycles. The number of aliphatic carboxylic acids is 1. The third-order valence-electron chi connectivity index (χ3n) is 2.54. The fourth-order valence-electron chi connectivity index (χ4n) is 1.83. The van der Waals surface area contributed by atoms with Crippen molar-refractivity contribution < 1.29 is 14.7 Å². The highest BCUT2D eigenvalue weighted by Gasteiger charge is 2.16. The van der Waals surface area contributed by atoms with Crippen molar-refractivity contribution >= 4 is 34.8 Å². The average Bonchev–Trinajstić information content (AvgIpc) is 2.74. The van der Waals surface area contributed by atoms with Crippen LogP contribution < -0.4 is 5.32 Å². The number of nitrogens with one attached hydrogen (secondary N) is 1. The highest BCUT2D eigenvalue weighted by Crippen LogP contribution is 2.22. The molecule has 7 nitrogen and oxygen atoms in total. The second-order valence-corrected chi connectivity index (χ2v) is 5.67. The van der Waals surface area contributed by atoms with E-state index in [0.717, 1.165) is 11.8 Å². The standard InChI is InChI=1S/C13H16N4O3S/c1-8(2)15-10(18)6-17-12-9(4-3-5-14-12)16-13(17)21-7-11(19)20/h3-5,8H,6-7H2,1-2H3,(H,15,18)(H,19,20). The van der Waals surface area contributed by atoms with Crippen molar-refractivity contribution in [2.75, 3.05) is 5.75 Å². The van der Waals surface area contributed by atoms with Gasteiger partial charge in [-0.3, -0.25) is 14.2 Å². The molecule has 8 heteroatoms. The second kappa shape index (κ2) is 6.57. The SMILES string of the molecule is CC(C)NC(=O)Cn1c(SCC(=O)O)nc2cccnc21. The molecular formula is C13H16N4O3S. The minimum absolute atomic E-state index is 0.0374. The maximum atomic E-state index is 11.9. The van der Waals surface area contributed by atoms with Crippen molar-refractivity contribution in [2.45, 2.75) is 31.6 Å². The first-order valence-electron chi connectivity index (χ1n) is 6.42. The number of aromatic nitrogens is 3. The first-order chi connectivity index (χ1) is 9.97. The maximum Gasteiger partial charge on any atom is 0.313 e. The van der Waals surface area contributed by atoms with Crippen LogP contribution in [0.15, 0.2) is 23.5 Å². The third-order valence-corrected chi connectivity index (χ3v) is 3.51. The van der Waals surface area contributed by atoms with Gasteiger partial charge >= 0.3 is 5.97 Å². The predicted molar refractivity (Wildman–Crippen MR) is 79.2 cm³/mol. The number of carboxylic acids is 1. The molecule has 0 radical (unpaired) electrons. The van der Waals surface area contributed by atoms with Gasteiger partial charge < -0.3 is 10.4 Å². The molecule has 0 aliphatic heterocycles. The molecule has 21 heavy (non-hydrogen) atoms. The largest absolute Gasteiger partial charge is 0.481 e. The number of thioether (sulfide) groups is 1. The van der Waals surface area contributed by atoms with E-state index in [0.29, 0.717) is 16.3 Å². The highest BCUT2D eigenvalue weighted by molar-refractivity contribution is 7.99. The summed E-state index contributed by atoms with van der Waals surface area (Å²) in [5, 5.41) is 12.1. The summed E-state index contributed by atoms with van der Waals surface area (Å²) in [6.45, 7) is 3.82. The van der Waals surface area contributed by atoms with Gasteiger partial charge in [0, 0.05) is 12.2 Å². The Morgan fingerprint density at radius 2 is 2.24 bits per heavy atom. The molecule has 0 saturated carbocycles. The summed E-state index contributed by atoms with van der Waals surface area (Å²) < 4.78 is 1.64. The van der Waals surface area contributed by atoms with E-state index in [1.165, 1.54) is 0 Å². The summed E-state index contributed by atoms with van der Waals surface area (Å²) >= 11 is 1.07. The summed E-state index contributed by atoms with van der Waals surface area (Å²) in [7, 11) is 0. The number of carboxylic acid groups (broad SMARTS) is 1. The summed E-state index contributed by atoms with van der Waals surface area (Å²) in [5.74, 6) is -1.21. The molecule has 0 fully saturated rings. The maximum absolute atomic E-state index is 11.9. The summed E-state index contributed by atoms with van der Waals surface area (Å²) in [5.41, 5.74) is 1.21. The van der Waals surface area contributed by atoms with Gasteiger partial charge in [-0.1, -0.05) is 11.8 Å². The van der Waals surface area contributed by atoms with Crippen molar-refractivity contribution in [1.29, 1.82) is 0 Å². The monoisotopic (exact) mass is 308 g/mol. The normalized spacial score (nSPS) is 11.0. The van der Waals surface area contributed by atoms with E-state index in [-0.39, 0.29) is 24.2 Å². The van der Waals surface area contributed by atoms with E-state index in [1.54, 1.807) is 22.9 Å². The Hall–Kier alpha value is -2.09. The smallest absolute Gasteiger partial charge is 0.313 e. The van der Waals surface area contributed by atoms with Crippen LogP contribution in [-0.4, -0.2) is 43.3 Å². The van der Waals surface area contributed by atoms with E-state index < -0.39 is 5.97 Å². The van der Waals surface area contributed by atoms with Crippen molar-refractivity contribution in [2.24, 2.45) is 0 Å². The molecule has 112 valence electrons. The second-order valence-electron chi connectivity index (χ2n) is 4.73. The van der Waals surface area contributed by atoms with Crippen LogP contribution in [0.25, 0.3) is 11.2 Å². The molecule has 0 saturated heterocycles. The van der Waals surface area contributed by atoms with Crippen molar-refractivity contribution in [3.05, 3.63) is 18.3 Å². The number of nitrogens with zero attached hydrogens (tertiary/aromatic N) is 3. The van der Waals surface area contributed by atoms with Gasteiger partial charge in [0.05, 0.1) is 5.75 Å². The number of hydrogen-bond acceptors (Lipinski definition) is 5. The van der Waals surface area contributed by atoms with Crippen molar-refractivity contribution in [3.8, 4) is 0 Å². The van der Waals surface area contributed by atoms with Crippen LogP contribution in [0.2, 0.25) is 0 Å². The lowest BCUT2D eigenvalue weighted by atomic mass is 10.4. The number of imidazole rings is 1. The minimum atomic E-state index is -0.932. The minimum Gasteiger partial charge on any atom is -0.481 e. The predicted octanol–water partition coefficient (Wildman–Crippen LogP) is 1.13. The van der Waals surface area contributed by atoms with Gasteiger partial charge in [0.1, 0.15) is 12.1 Å². The first kappa shape index (κ1) is 15.3. The molecule has 0 aliphatic rings. The molecule has 2 aromatic rings. The molecule has 0 aromatic carbocycles. The Morgan fingerprint density at radius 3 is 2.90 bits per heavy atom. The molecule has 0 unspecified atom stereocenters. The van der Waals surface area contributed by atoms with Gasteiger partial charge in [0.2, 0.25) is 5.91 Å². The lowest BCUT2D eigenvalue weighted by molar-refractivity contribution is -0.133. The Kier molecular flexibility index (Phi) is 4.79. The topological polar surface area (TPSA) is 97.1 Å². The van der Waals surface area contributed by atoms with Crippen molar-refractivity contribution in [3.63, 3.8) is 0 Å². The Balaban J connectivity index is 2.31. The van der Waals surface area contributed by atoms with E-state index in [9.17, 15) is 9.59 Å². The van der Waals surface area contributed by atoms with Crippen LogP contribution in [0.5, 0.6) is 0 Å². The van der Waals surface area contributed by atoms with Crippen LogP contribution in [0, 0.1) is 0 Å². The van der Waals surface area contributed by atoms with Crippen LogP contribution in [0.1, 0.15) is 13.8 Å². The third kappa shape index (κ3) is 3.94. The van der Waals surface area contributed by atoms with Crippen LogP contribution in [-0.2, 0) is 16.1 Å². The van der Waals surface area contributed by atoms with E-state index >= 15 is 0 Å². The molecule has 2 N–H and O–H groups in total. The first-order valence-corrected chi connectivity index (χ1v) is 7.41. The van der Waals surface area contributed by atoms with Crippen LogP contribution in [0.3, 0.4) is 0 Å². The van der Waals surface area contributed by atoms with Crippen LogP contribution in [0.4, 0.5) is 0 Å². The van der Waals surface area contributed by atoms with Gasteiger partial charge in [0.15, 0.2) is 10.8 Å². The molecule has 0 spiro atoms. The lowest BCUT2D eigenvalue weighted by Crippen LogP contribution is -2.33. The van der Waals surface area contributed by atoms with E-state index in [4.69, 9.17) is 5.11 Å². The fraction of sp³-hybridized carbons (Fsp3) is 0.385. The number of rotatable bonds is 6. The number of fused-ring (bicyclic) bond motifs is 1. The number of carbonyl (C=O) groups excluding carboxylic acids is 1. The number of amides is 1. The zero-order valence-corrected chi connectivity index (χ0v) is 12.6. The Labute approximate surface area is 125 Å². The fourth-order valence-corrected chi connectivity index (χ4v) is 2.55.